The lowest BCUT2D eigenvalue weighted by atomic mass is 9.86. The fourth-order valence-corrected chi connectivity index (χ4v) is 5.21. The van der Waals surface area contributed by atoms with Gasteiger partial charge in [0, 0.05) is 19.1 Å². The SMILES string of the molecule is Cc1cccc(-n2c(SC(C)C(=O)NC3CCCCC3C)nnc2N2CCOCC2)c1. The van der Waals surface area contributed by atoms with Gasteiger partial charge < -0.3 is 15.0 Å². The molecule has 2 aromatic rings. The van der Waals surface area contributed by atoms with Crippen molar-refractivity contribution >= 4 is 23.6 Å². The van der Waals surface area contributed by atoms with Crippen molar-refractivity contribution in [2.75, 3.05) is 31.2 Å². The molecule has 1 aliphatic carbocycles. The van der Waals surface area contributed by atoms with E-state index in [0.29, 0.717) is 19.1 Å². The Labute approximate surface area is 188 Å². The van der Waals surface area contributed by atoms with Gasteiger partial charge in [0.2, 0.25) is 11.9 Å². The van der Waals surface area contributed by atoms with Gasteiger partial charge in [-0.1, -0.05) is 43.7 Å². The molecule has 7 nitrogen and oxygen atoms in total. The smallest absolute Gasteiger partial charge is 0.233 e. The first-order valence-corrected chi connectivity index (χ1v) is 12.2. The van der Waals surface area contributed by atoms with Crippen molar-refractivity contribution in [2.45, 2.75) is 62.9 Å². The van der Waals surface area contributed by atoms with Crippen LogP contribution in [0.1, 0.15) is 45.1 Å². The predicted molar refractivity (Wildman–Crippen MR) is 124 cm³/mol. The van der Waals surface area contributed by atoms with Gasteiger partial charge in [-0.25, -0.2) is 0 Å². The second kappa shape index (κ2) is 10.0. The molecule has 2 fully saturated rings. The summed E-state index contributed by atoms with van der Waals surface area (Å²) in [5, 5.41) is 12.8. The maximum absolute atomic E-state index is 13.0. The number of amides is 1. The number of carbonyl (C=O) groups excluding carboxylic acids is 1. The number of morpholine rings is 1. The third kappa shape index (κ3) is 5.23. The molecule has 168 valence electrons. The molecule has 1 N–H and O–H groups in total. The van der Waals surface area contributed by atoms with E-state index in [1.807, 2.05) is 13.0 Å². The van der Waals surface area contributed by atoms with E-state index in [-0.39, 0.29) is 17.2 Å². The summed E-state index contributed by atoms with van der Waals surface area (Å²) in [6.45, 7) is 9.20. The Morgan fingerprint density at radius 3 is 2.74 bits per heavy atom. The Balaban J connectivity index is 1.55. The highest BCUT2D eigenvalue weighted by molar-refractivity contribution is 8.00. The molecule has 0 bridgehead atoms. The third-order valence-electron chi connectivity index (χ3n) is 6.26. The van der Waals surface area contributed by atoms with Crippen molar-refractivity contribution in [1.82, 2.24) is 20.1 Å². The molecule has 3 unspecified atom stereocenters. The summed E-state index contributed by atoms with van der Waals surface area (Å²) in [7, 11) is 0. The number of anilines is 1. The molecule has 2 heterocycles. The summed E-state index contributed by atoms with van der Waals surface area (Å²) >= 11 is 1.47. The van der Waals surface area contributed by atoms with Crippen LogP contribution in [-0.2, 0) is 9.53 Å². The number of benzene rings is 1. The van der Waals surface area contributed by atoms with E-state index in [0.717, 1.165) is 36.3 Å². The van der Waals surface area contributed by atoms with Crippen molar-refractivity contribution in [2.24, 2.45) is 5.92 Å². The van der Waals surface area contributed by atoms with Crippen LogP contribution in [-0.4, -0.2) is 58.3 Å². The lowest BCUT2D eigenvalue weighted by Crippen LogP contribution is -2.44. The monoisotopic (exact) mass is 443 g/mol. The average Bonchev–Trinajstić information content (AvgIpc) is 3.19. The first-order valence-electron chi connectivity index (χ1n) is 11.3. The lowest BCUT2D eigenvalue weighted by molar-refractivity contribution is -0.121. The third-order valence-corrected chi connectivity index (χ3v) is 7.30. The quantitative estimate of drug-likeness (QED) is 0.688. The molecule has 1 saturated heterocycles. The van der Waals surface area contributed by atoms with Crippen LogP contribution in [0.25, 0.3) is 5.69 Å². The number of nitrogens with zero attached hydrogens (tertiary/aromatic N) is 4. The number of hydrogen-bond acceptors (Lipinski definition) is 6. The number of ether oxygens (including phenoxy) is 1. The van der Waals surface area contributed by atoms with Gasteiger partial charge in [0.1, 0.15) is 0 Å². The number of aryl methyl sites for hydroxylation is 1. The largest absolute Gasteiger partial charge is 0.378 e. The van der Waals surface area contributed by atoms with Crippen LogP contribution in [0.4, 0.5) is 5.95 Å². The van der Waals surface area contributed by atoms with Gasteiger partial charge in [-0.3, -0.25) is 9.36 Å². The average molecular weight is 444 g/mol. The summed E-state index contributed by atoms with van der Waals surface area (Å²) in [5.74, 6) is 1.43. The van der Waals surface area contributed by atoms with Crippen LogP contribution >= 0.6 is 11.8 Å². The Bertz CT molecular complexity index is 896. The van der Waals surface area contributed by atoms with Gasteiger partial charge in [-0.05, 0) is 50.3 Å². The molecule has 1 aromatic heterocycles. The summed E-state index contributed by atoms with van der Waals surface area (Å²) in [6.07, 6.45) is 4.73. The van der Waals surface area contributed by atoms with Crippen LogP contribution in [0.5, 0.6) is 0 Å². The molecule has 0 spiro atoms. The maximum atomic E-state index is 13.0. The van der Waals surface area contributed by atoms with Crippen LogP contribution < -0.4 is 10.2 Å². The van der Waals surface area contributed by atoms with Crippen molar-refractivity contribution in [1.29, 1.82) is 0 Å². The number of aromatic nitrogens is 3. The van der Waals surface area contributed by atoms with Crippen molar-refractivity contribution in [3.05, 3.63) is 29.8 Å². The Morgan fingerprint density at radius 1 is 1.23 bits per heavy atom. The maximum Gasteiger partial charge on any atom is 0.233 e. The highest BCUT2D eigenvalue weighted by Gasteiger charge is 2.28. The van der Waals surface area contributed by atoms with E-state index < -0.39 is 0 Å². The molecule has 8 heteroatoms. The standard InChI is InChI=1S/C23H33N5O2S/c1-16-7-6-9-19(15-16)28-22(27-11-13-30-14-12-27)25-26-23(28)31-18(3)21(29)24-20-10-5-4-8-17(20)2/h6-7,9,15,17-18,20H,4-5,8,10-14H2,1-3H3,(H,24,29). The van der Waals surface area contributed by atoms with Gasteiger partial charge in [-0.15, -0.1) is 10.2 Å². The second-order valence-electron chi connectivity index (χ2n) is 8.69. The van der Waals surface area contributed by atoms with E-state index in [1.165, 1.54) is 36.6 Å². The molecule has 0 radical (unpaired) electrons. The number of rotatable bonds is 6. The fraction of sp³-hybridized carbons (Fsp3) is 0.609. The highest BCUT2D eigenvalue weighted by atomic mass is 32.2. The Morgan fingerprint density at radius 2 is 2.00 bits per heavy atom. The van der Waals surface area contributed by atoms with E-state index in [2.05, 4.69) is 57.0 Å². The van der Waals surface area contributed by atoms with Crippen molar-refractivity contribution in [3.63, 3.8) is 0 Å². The normalized spacial score (nSPS) is 22.9. The minimum absolute atomic E-state index is 0.0791. The summed E-state index contributed by atoms with van der Waals surface area (Å²) < 4.78 is 7.59. The minimum atomic E-state index is -0.251. The Kier molecular flexibility index (Phi) is 7.17. The summed E-state index contributed by atoms with van der Waals surface area (Å²) in [6, 6.07) is 8.60. The van der Waals surface area contributed by atoms with Crippen molar-refractivity contribution < 1.29 is 9.53 Å². The van der Waals surface area contributed by atoms with E-state index in [9.17, 15) is 4.79 Å². The van der Waals surface area contributed by atoms with Crippen LogP contribution in [0, 0.1) is 12.8 Å². The predicted octanol–water partition coefficient (Wildman–Crippen LogP) is 3.59. The van der Waals surface area contributed by atoms with Gasteiger partial charge in [0.25, 0.3) is 0 Å². The van der Waals surface area contributed by atoms with Crippen LogP contribution in [0.3, 0.4) is 0 Å². The zero-order valence-electron chi connectivity index (χ0n) is 18.7. The van der Waals surface area contributed by atoms with Gasteiger partial charge >= 0.3 is 0 Å². The first kappa shape index (κ1) is 22.1. The Hall–Kier alpha value is -2.06. The molecule has 4 rings (SSSR count). The molecule has 1 aromatic carbocycles. The highest BCUT2D eigenvalue weighted by Crippen LogP contribution is 2.31. The minimum Gasteiger partial charge on any atom is -0.378 e. The number of carbonyl (C=O) groups is 1. The second-order valence-corrected chi connectivity index (χ2v) is 10.0. The van der Waals surface area contributed by atoms with Crippen LogP contribution in [0.2, 0.25) is 0 Å². The van der Waals surface area contributed by atoms with Gasteiger partial charge in [0.15, 0.2) is 5.16 Å². The topological polar surface area (TPSA) is 72.3 Å². The number of hydrogen-bond donors (Lipinski definition) is 1. The first-order chi connectivity index (χ1) is 15.0. The molecule has 1 saturated carbocycles. The van der Waals surface area contributed by atoms with Gasteiger partial charge in [0.05, 0.1) is 24.2 Å². The number of thioether (sulfide) groups is 1. The van der Waals surface area contributed by atoms with Gasteiger partial charge in [-0.2, -0.15) is 0 Å². The van der Waals surface area contributed by atoms with E-state index in [1.54, 1.807) is 0 Å². The molecule has 1 amide bonds. The van der Waals surface area contributed by atoms with E-state index in [4.69, 9.17) is 4.74 Å². The molecular formula is C23H33N5O2S. The van der Waals surface area contributed by atoms with Crippen molar-refractivity contribution in [3.8, 4) is 5.69 Å². The zero-order valence-corrected chi connectivity index (χ0v) is 19.5. The summed E-state index contributed by atoms with van der Waals surface area (Å²) in [5.41, 5.74) is 2.19. The number of nitrogens with one attached hydrogen (secondary N) is 1. The lowest BCUT2D eigenvalue weighted by Gasteiger charge is -2.30. The molecular weight excluding hydrogens is 410 g/mol. The van der Waals surface area contributed by atoms with E-state index >= 15 is 0 Å². The molecule has 31 heavy (non-hydrogen) atoms. The summed E-state index contributed by atoms with van der Waals surface area (Å²) in [4.78, 5) is 15.2. The molecule has 1 aliphatic heterocycles. The molecule has 3 atom stereocenters. The zero-order chi connectivity index (χ0) is 21.8. The fourth-order valence-electron chi connectivity index (χ4n) is 4.34. The molecule has 2 aliphatic rings. The van der Waals surface area contributed by atoms with Crippen LogP contribution in [0.15, 0.2) is 29.4 Å².